The van der Waals surface area contributed by atoms with Crippen molar-refractivity contribution in [3.05, 3.63) is 51.6 Å². The lowest BCUT2D eigenvalue weighted by Crippen LogP contribution is -2.53. The number of carbonyl (C=O) groups is 3. The van der Waals surface area contributed by atoms with Gasteiger partial charge in [-0.3, -0.25) is 14.4 Å². The normalized spacial score (nSPS) is 29.9. The Morgan fingerprint density at radius 3 is 2.49 bits per heavy atom. The number of benzene rings is 2. The number of aromatic hydroxyl groups is 3. The largest absolute Gasteiger partial charge is 0.507 e. The first kappa shape index (κ1) is 27.2. The quantitative estimate of drug-likeness (QED) is 0.212. The molecule has 1 heterocycles. The number of Topliss-reactive ketones (excluding diaryl/α,β-unsaturated/α-hetero) is 1. The topological polar surface area (TPSA) is 203 Å². The van der Waals surface area contributed by atoms with E-state index in [1.165, 1.54) is 18.2 Å². The third-order valence-corrected chi connectivity index (χ3v) is 7.93. The van der Waals surface area contributed by atoms with Gasteiger partial charge < -0.3 is 45.4 Å². The highest BCUT2D eigenvalue weighted by molar-refractivity contribution is 6.31. The van der Waals surface area contributed by atoms with E-state index in [1.807, 2.05) is 0 Å². The minimum Gasteiger partial charge on any atom is -0.507 e. The second kappa shape index (κ2) is 9.66. The Kier molecular flexibility index (Phi) is 6.74. The molecule has 0 radical (unpaired) electrons. The number of ketones is 3. The van der Waals surface area contributed by atoms with E-state index < -0.39 is 101 Å². The van der Waals surface area contributed by atoms with E-state index in [2.05, 4.69) is 5.32 Å². The second-order valence-corrected chi connectivity index (χ2v) is 10.2. The number of ether oxygens (including phenoxy) is 2. The van der Waals surface area contributed by atoms with Crippen molar-refractivity contribution >= 4 is 17.3 Å². The van der Waals surface area contributed by atoms with Gasteiger partial charge in [0.15, 0.2) is 17.9 Å². The van der Waals surface area contributed by atoms with Crippen LogP contribution in [-0.4, -0.2) is 91.8 Å². The van der Waals surface area contributed by atoms with Crippen LogP contribution in [-0.2, 0) is 20.7 Å². The van der Waals surface area contributed by atoms with Gasteiger partial charge in [0.1, 0.15) is 29.5 Å². The van der Waals surface area contributed by atoms with Gasteiger partial charge in [-0.2, -0.15) is 0 Å². The zero-order valence-corrected chi connectivity index (χ0v) is 21.2. The molecule has 1 saturated heterocycles. The third kappa shape index (κ3) is 4.11. The average molecular weight is 544 g/mol. The number of fused-ring (bicyclic) bond motifs is 3. The first-order valence-corrected chi connectivity index (χ1v) is 12.5. The summed E-state index contributed by atoms with van der Waals surface area (Å²) in [5.41, 5.74) is -4.18. The summed E-state index contributed by atoms with van der Waals surface area (Å²) in [6.45, 7) is 0.601. The van der Waals surface area contributed by atoms with Crippen LogP contribution in [0.2, 0.25) is 0 Å². The number of aliphatic hydroxyl groups is 3. The van der Waals surface area contributed by atoms with Gasteiger partial charge in [0.05, 0.1) is 35.0 Å². The smallest absolute Gasteiger partial charge is 0.202 e. The standard InChI is InChI=1S/C27H29NO11/c1-10-22(32)13(28-2)6-17(38-10)39-15-8-27(37,16(31)9-29)7-12-19(15)26(36)21-20(24(12)34)23(33)11-4-3-5-14(30)18(11)25(21)35/h3-5,10,13,15,17,22,28-30,32,34,36-37H,6-9H2,1-2H3/t10?,13?,15-,17-,22+,27-/m0/s1. The molecule has 39 heavy (non-hydrogen) atoms. The number of hydrogen-bond donors (Lipinski definition) is 7. The van der Waals surface area contributed by atoms with Gasteiger partial charge in [0, 0.05) is 42.0 Å². The van der Waals surface area contributed by atoms with Crippen molar-refractivity contribution in [3.8, 4) is 17.2 Å². The van der Waals surface area contributed by atoms with Crippen LogP contribution >= 0.6 is 0 Å². The van der Waals surface area contributed by atoms with Crippen molar-refractivity contribution in [1.82, 2.24) is 5.32 Å². The number of nitrogens with one attached hydrogen (secondary N) is 1. The molecule has 5 rings (SSSR count). The van der Waals surface area contributed by atoms with E-state index >= 15 is 0 Å². The number of likely N-dealkylation sites (N-methyl/N-ethyl adjacent to an activating group) is 1. The molecule has 2 aliphatic carbocycles. The van der Waals surface area contributed by atoms with Gasteiger partial charge in [0.25, 0.3) is 0 Å². The Morgan fingerprint density at radius 1 is 1.13 bits per heavy atom. The molecule has 3 aliphatic rings. The summed E-state index contributed by atoms with van der Waals surface area (Å²) < 4.78 is 11.9. The van der Waals surface area contributed by atoms with E-state index in [0.717, 1.165) is 0 Å². The van der Waals surface area contributed by atoms with Gasteiger partial charge in [-0.25, -0.2) is 0 Å². The molecule has 12 heteroatoms. The monoisotopic (exact) mass is 543 g/mol. The molecule has 2 unspecified atom stereocenters. The number of phenols is 3. The van der Waals surface area contributed by atoms with Crippen LogP contribution in [0.15, 0.2) is 18.2 Å². The molecular formula is C27H29NO11. The number of hydrogen-bond acceptors (Lipinski definition) is 12. The minimum absolute atomic E-state index is 0.134. The summed E-state index contributed by atoms with van der Waals surface area (Å²) >= 11 is 0. The van der Waals surface area contributed by atoms with E-state index in [1.54, 1.807) is 14.0 Å². The van der Waals surface area contributed by atoms with Crippen LogP contribution in [0.1, 0.15) is 68.8 Å². The number of phenolic OH excluding ortho intramolecular Hbond substituents is 3. The van der Waals surface area contributed by atoms with Crippen molar-refractivity contribution in [3.63, 3.8) is 0 Å². The highest BCUT2D eigenvalue weighted by Gasteiger charge is 2.50. The molecule has 0 saturated carbocycles. The fourth-order valence-electron chi connectivity index (χ4n) is 5.85. The van der Waals surface area contributed by atoms with Gasteiger partial charge in [-0.1, -0.05) is 12.1 Å². The predicted molar refractivity (Wildman–Crippen MR) is 132 cm³/mol. The molecule has 12 nitrogen and oxygen atoms in total. The lowest BCUT2D eigenvalue weighted by molar-refractivity contribution is -0.249. The molecule has 208 valence electrons. The van der Waals surface area contributed by atoms with Crippen LogP contribution in [0, 0.1) is 0 Å². The molecule has 2 aromatic rings. The molecule has 0 spiro atoms. The SMILES string of the molecule is CNC1C[C@H](O[C@H]2C[C@](O)(C(=O)CO)Cc3c(O)c4c(c(O)c32)C(=O)c2c(O)cccc2C4=O)OC(C)[C@H]1O. The first-order valence-electron chi connectivity index (χ1n) is 12.5. The lowest BCUT2D eigenvalue weighted by atomic mass is 9.72. The molecule has 0 aromatic heterocycles. The maximum absolute atomic E-state index is 13.5. The molecule has 6 atom stereocenters. The van der Waals surface area contributed by atoms with Crippen molar-refractivity contribution < 1.29 is 54.5 Å². The van der Waals surface area contributed by atoms with Crippen molar-refractivity contribution in [2.75, 3.05) is 13.7 Å². The summed E-state index contributed by atoms with van der Waals surface area (Å²) in [5, 5.41) is 67.1. The molecule has 7 N–H and O–H groups in total. The Labute approximate surface area is 222 Å². The van der Waals surface area contributed by atoms with Crippen LogP contribution in [0.4, 0.5) is 0 Å². The zero-order valence-electron chi connectivity index (χ0n) is 21.2. The fraction of sp³-hybridized carbons (Fsp3) is 0.444. The average Bonchev–Trinajstić information content (AvgIpc) is 2.90. The molecule has 0 bridgehead atoms. The van der Waals surface area contributed by atoms with Gasteiger partial charge in [-0.15, -0.1) is 0 Å². The maximum Gasteiger partial charge on any atom is 0.202 e. The fourth-order valence-corrected chi connectivity index (χ4v) is 5.85. The van der Waals surface area contributed by atoms with E-state index in [4.69, 9.17) is 9.47 Å². The van der Waals surface area contributed by atoms with E-state index in [9.17, 15) is 45.0 Å². The molecule has 0 amide bonds. The maximum atomic E-state index is 13.5. The van der Waals surface area contributed by atoms with E-state index in [0.29, 0.717) is 0 Å². The van der Waals surface area contributed by atoms with Crippen LogP contribution in [0.3, 0.4) is 0 Å². The molecule has 1 fully saturated rings. The van der Waals surface area contributed by atoms with Gasteiger partial charge in [-0.05, 0) is 20.0 Å². The number of carbonyl (C=O) groups excluding carboxylic acids is 3. The molecule has 1 aliphatic heterocycles. The van der Waals surface area contributed by atoms with Crippen LogP contribution in [0.25, 0.3) is 0 Å². The highest BCUT2D eigenvalue weighted by atomic mass is 16.7. The Morgan fingerprint density at radius 2 is 1.82 bits per heavy atom. The Hall–Kier alpha value is -3.39. The summed E-state index contributed by atoms with van der Waals surface area (Å²) in [7, 11) is 1.64. The lowest BCUT2D eigenvalue weighted by Gasteiger charge is -2.42. The van der Waals surface area contributed by atoms with Crippen LogP contribution in [0.5, 0.6) is 17.2 Å². The van der Waals surface area contributed by atoms with Crippen molar-refractivity contribution in [2.24, 2.45) is 0 Å². The second-order valence-electron chi connectivity index (χ2n) is 10.2. The summed E-state index contributed by atoms with van der Waals surface area (Å²) in [6.07, 6.45) is -4.81. The van der Waals surface area contributed by atoms with Crippen LogP contribution < -0.4 is 5.32 Å². The zero-order chi connectivity index (χ0) is 28.4. The number of aliphatic hydroxyl groups excluding tert-OH is 2. The third-order valence-electron chi connectivity index (χ3n) is 7.93. The predicted octanol–water partition coefficient (Wildman–Crippen LogP) is -0.0410. The number of rotatable bonds is 5. The summed E-state index contributed by atoms with van der Waals surface area (Å²) in [4.78, 5) is 39.4. The highest BCUT2D eigenvalue weighted by Crippen LogP contribution is 2.52. The Bertz CT molecular complexity index is 1390. The summed E-state index contributed by atoms with van der Waals surface area (Å²) in [5.74, 6) is -4.64. The molecule has 2 aromatic carbocycles. The van der Waals surface area contributed by atoms with Crippen molar-refractivity contribution in [2.45, 2.75) is 62.4 Å². The van der Waals surface area contributed by atoms with Gasteiger partial charge in [0.2, 0.25) is 5.78 Å². The van der Waals surface area contributed by atoms with E-state index in [-0.39, 0.29) is 28.7 Å². The first-order chi connectivity index (χ1) is 18.4. The molecular weight excluding hydrogens is 514 g/mol. The van der Waals surface area contributed by atoms with Crippen molar-refractivity contribution in [1.29, 1.82) is 0 Å². The van der Waals surface area contributed by atoms with Gasteiger partial charge >= 0.3 is 0 Å². The Balaban J connectivity index is 1.67. The summed E-state index contributed by atoms with van der Waals surface area (Å²) in [6, 6.07) is 3.41. The minimum atomic E-state index is -2.25.